The number of nitrogens with zero attached hydrogens (tertiary/aromatic N) is 1. The molecule has 1 aliphatic heterocycles. The Hall–Kier alpha value is -0.610. The molecule has 1 amide bonds. The third kappa shape index (κ3) is 4.58. The van der Waals surface area contributed by atoms with Crippen molar-refractivity contribution < 1.29 is 9.90 Å². The minimum atomic E-state index is -0.0316. The van der Waals surface area contributed by atoms with Crippen LogP contribution in [0.3, 0.4) is 0 Å². The van der Waals surface area contributed by atoms with E-state index >= 15 is 0 Å². The molecule has 0 bridgehead atoms. The molecule has 1 aliphatic rings. The van der Waals surface area contributed by atoms with Gasteiger partial charge in [0.1, 0.15) is 0 Å². The number of piperidine rings is 1. The van der Waals surface area contributed by atoms with Crippen molar-refractivity contribution in [2.24, 2.45) is 5.41 Å². The first kappa shape index (κ1) is 15.4. The van der Waals surface area contributed by atoms with Gasteiger partial charge in [-0.25, -0.2) is 0 Å². The van der Waals surface area contributed by atoms with Gasteiger partial charge in [-0.3, -0.25) is 9.69 Å². The average molecular weight is 256 g/mol. The van der Waals surface area contributed by atoms with Crippen LogP contribution in [-0.4, -0.2) is 48.2 Å². The van der Waals surface area contributed by atoms with Crippen molar-refractivity contribution in [1.82, 2.24) is 10.2 Å². The molecule has 4 heteroatoms. The van der Waals surface area contributed by atoms with Gasteiger partial charge in [0.15, 0.2) is 0 Å². The Morgan fingerprint density at radius 3 is 2.78 bits per heavy atom. The van der Waals surface area contributed by atoms with E-state index in [1.165, 1.54) is 6.42 Å². The normalized spacial score (nSPS) is 21.9. The van der Waals surface area contributed by atoms with Crippen molar-refractivity contribution >= 4 is 5.91 Å². The highest BCUT2D eigenvalue weighted by atomic mass is 16.3. The van der Waals surface area contributed by atoms with Crippen molar-refractivity contribution in [1.29, 1.82) is 0 Å². The fraction of sp³-hybridized carbons (Fsp3) is 0.929. The predicted molar refractivity (Wildman–Crippen MR) is 73.4 cm³/mol. The van der Waals surface area contributed by atoms with Crippen LogP contribution >= 0.6 is 0 Å². The van der Waals surface area contributed by atoms with Crippen LogP contribution in [0, 0.1) is 5.41 Å². The Morgan fingerprint density at radius 2 is 2.17 bits per heavy atom. The Balaban J connectivity index is 2.44. The van der Waals surface area contributed by atoms with Gasteiger partial charge in [0.05, 0.1) is 6.04 Å². The van der Waals surface area contributed by atoms with E-state index in [4.69, 9.17) is 5.11 Å². The molecule has 0 spiro atoms. The number of carbonyl (C=O) groups excluding carboxylic acids is 1. The lowest BCUT2D eigenvalue weighted by Crippen LogP contribution is -2.50. The zero-order chi connectivity index (χ0) is 13.6. The third-order valence-corrected chi connectivity index (χ3v) is 3.85. The van der Waals surface area contributed by atoms with E-state index in [2.05, 4.69) is 31.0 Å². The highest BCUT2D eigenvalue weighted by Crippen LogP contribution is 2.20. The maximum absolute atomic E-state index is 12.2. The van der Waals surface area contributed by atoms with Crippen LogP contribution < -0.4 is 5.32 Å². The molecule has 4 nitrogen and oxygen atoms in total. The Labute approximate surface area is 111 Å². The fourth-order valence-electron chi connectivity index (χ4n) is 2.50. The summed E-state index contributed by atoms with van der Waals surface area (Å²) in [6, 6.07) is 0.0497. The third-order valence-electron chi connectivity index (χ3n) is 3.85. The van der Waals surface area contributed by atoms with Crippen molar-refractivity contribution in [3.63, 3.8) is 0 Å². The number of aliphatic hydroxyl groups excluding tert-OH is 1. The highest BCUT2D eigenvalue weighted by molar-refractivity contribution is 5.81. The summed E-state index contributed by atoms with van der Waals surface area (Å²) in [6.45, 7) is 9.05. The molecule has 1 fully saturated rings. The van der Waals surface area contributed by atoms with Gasteiger partial charge in [0.25, 0.3) is 0 Å². The lowest BCUT2D eigenvalue weighted by atomic mass is 9.89. The Morgan fingerprint density at radius 1 is 1.44 bits per heavy atom. The molecule has 1 saturated heterocycles. The molecule has 106 valence electrons. The molecule has 1 rings (SSSR count). The van der Waals surface area contributed by atoms with E-state index in [1.54, 1.807) is 0 Å². The lowest BCUT2D eigenvalue weighted by Gasteiger charge is -2.34. The first-order chi connectivity index (χ1) is 8.50. The van der Waals surface area contributed by atoms with E-state index < -0.39 is 0 Å². The van der Waals surface area contributed by atoms with Crippen LogP contribution in [0.25, 0.3) is 0 Å². The number of likely N-dealkylation sites (N-methyl/N-ethyl adjacent to an activating group) is 1. The average Bonchev–Trinajstić information content (AvgIpc) is 2.36. The molecule has 0 radical (unpaired) electrons. The first-order valence-corrected chi connectivity index (χ1v) is 7.13. The summed E-state index contributed by atoms with van der Waals surface area (Å²) >= 11 is 0. The quantitative estimate of drug-likeness (QED) is 0.755. The van der Waals surface area contributed by atoms with Gasteiger partial charge in [-0.05, 0) is 37.8 Å². The molecule has 0 aliphatic carbocycles. The summed E-state index contributed by atoms with van der Waals surface area (Å²) in [5, 5.41) is 12.0. The first-order valence-electron chi connectivity index (χ1n) is 7.13. The van der Waals surface area contributed by atoms with Crippen LogP contribution in [-0.2, 0) is 4.79 Å². The smallest absolute Gasteiger partial charge is 0.237 e. The maximum atomic E-state index is 12.2. The second-order valence-electron chi connectivity index (χ2n) is 6.00. The van der Waals surface area contributed by atoms with Crippen LogP contribution in [0.4, 0.5) is 0 Å². The van der Waals surface area contributed by atoms with Gasteiger partial charge in [0, 0.05) is 13.2 Å². The number of carbonyl (C=O) groups is 1. The van der Waals surface area contributed by atoms with Gasteiger partial charge in [0.2, 0.25) is 5.91 Å². The molecule has 0 aromatic heterocycles. The van der Waals surface area contributed by atoms with Gasteiger partial charge < -0.3 is 10.4 Å². The number of hydrogen-bond donors (Lipinski definition) is 2. The Kier molecular flexibility index (Phi) is 6.09. The maximum Gasteiger partial charge on any atom is 0.237 e. The standard InChI is InChI=1S/C14H28N2O2/c1-4-16-9-6-5-7-12(16)13(18)15-11-14(2,3)8-10-17/h12,17H,4-11H2,1-3H3,(H,15,18). The van der Waals surface area contributed by atoms with Crippen molar-refractivity contribution in [3.05, 3.63) is 0 Å². The van der Waals surface area contributed by atoms with Crippen molar-refractivity contribution in [2.75, 3.05) is 26.2 Å². The fourth-order valence-corrected chi connectivity index (χ4v) is 2.50. The van der Waals surface area contributed by atoms with Crippen LogP contribution in [0.5, 0.6) is 0 Å². The summed E-state index contributed by atoms with van der Waals surface area (Å²) in [7, 11) is 0. The number of nitrogens with one attached hydrogen (secondary N) is 1. The lowest BCUT2D eigenvalue weighted by molar-refractivity contribution is -0.128. The minimum Gasteiger partial charge on any atom is -0.396 e. The van der Waals surface area contributed by atoms with E-state index in [1.807, 2.05) is 0 Å². The topological polar surface area (TPSA) is 52.6 Å². The van der Waals surface area contributed by atoms with E-state index in [9.17, 15) is 4.79 Å². The summed E-state index contributed by atoms with van der Waals surface area (Å²) in [5.41, 5.74) is -0.0316. The zero-order valence-electron chi connectivity index (χ0n) is 12.0. The molecule has 1 unspecified atom stereocenters. The van der Waals surface area contributed by atoms with Crippen molar-refractivity contribution in [2.45, 2.75) is 52.5 Å². The molecular formula is C14H28N2O2. The van der Waals surface area contributed by atoms with Crippen molar-refractivity contribution in [3.8, 4) is 0 Å². The van der Waals surface area contributed by atoms with Gasteiger partial charge >= 0.3 is 0 Å². The molecular weight excluding hydrogens is 228 g/mol. The summed E-state index contributed by atoms with van der Waals surface area (Å²) in [4.78, 5) is 14.5. The van der Waals surface area contributed by atoms with Crippen LogP contribution in [0.1, 0.15) is 46.5 Å². The summed E-state index contributed by atoms with van der Waals surface area (Å²) < 4.78 is 0. The van der Waals surface area contributed by atoms with E-state index in [-0.39, 0.29) is 24.0 Å². The number of aliphatic hydroxyl groups is 1. The van der Waals surface area contributed by atoms with Gasteiger partial charge in [-0.2, -0.15) is 0 Å². The Bertz CT molecular complexity index is 267. The molecule has 0 aromatic rings. The summed E-state index contributed by atoms with van der Waals surface area (Å²) in [5.74, 6) is 0.155. The predicted octanol–water partition coefficient (Wildman–Crippen LogP) is 1.39. The molecule has 2 N–H and O–H groups in total. The van der Waals surface area contributed by atoms with E-state index in [0.717, 1.165) is 32.4 Å². The number of rotatable bonds is 6. The molecule has 0 aromatic carbocycles. The van der Waals surface area contributed by atoms with Crippen LogP contribution in [0.15, 0.2) is 0 Å². The van der Waals surface area contributed by atoms with Gasteiger partial charge in [-0.1, -0.05) is 27.2 Å². The summed E-state index contributed by atoms with van der Waals surface area (Å²) in [6.07, 6.45) is 4.04. The highest BCUT2D eigenvalue weighted by Gasteiger charge is 2.28. The van der Waals surface area contributed by atoms with Gasteiger partial charge in [-0.15, -0.1) is 0 Å². The number of amides is 1. The monoisotopic (exact) mass is 256 g/mol. The number of likely N-dealkylation sites (tertiary alicyclic amines) is 1. The second kappa shape index (κ2) is 7.10. The number of hydrogen-bond acceptors (Lipinski definition) is 3. The second-order valence-corrected chi connectivity index (χ2v) is 6.00. The SMILES string of the molecule is CCN1CCCCC1C(=O)NCC(C)(C)CCO. The van der Waals surface area contributed by atoms with E-state index in [0.29, 0.717) is 6.54 Å². The largest absolute Gasteiger partial charge is 0.396 e. The van der Waals surface area contributed by atoms with Crippen LogP contribution in [0.2, 0.25) is 0 Å². The molecule has 1 heterocycles. The minimum absolute atomic E-state index is 0.0316. The zero-order valence-corrected chi connectivity index (χ0v) is 12.0. The molecule has 1 atom stereocenters. The molecule has 18 heavy (non-hydrogen) atoms. The molecule has 0 saturated carbocycles.